The highest BCUT2D eigenvalue weighted by Gasteiger charge is 2.70. The summed E-state index contributed by atoms with van der Waals surface area (Å²) in [5.74, 6) is -4.61. The van der Waals surface area contributed by atoms with E-state index in [2.05, 4.69) is 39.9 Å². The Hall–Kier alpha value is -2.62. The highest BCUT2D eigenvalue weighted by atomic mass is 16.8. The fourth-order valence-electron chi connectivity index (χ4n) is 14.0. The van der Waals surface area contributed by atoms with Crippen LogP contribution in [0.25, 0.3) is 0 Å². The van der Waals surface area contributed by atoms with Crippen LogP contribution < -0.4 is 5.32 Å². The molecule has 63 heavy (non-hydrogen) atoms. The highest BCUT2D eigenvalue weighted by Crippen LogP contribution is 2.75. The normalized spacial score (nSPS) is 49.9. The molecule has 2 saturated heterocycles. The van der Waals surface area contributed by atoms with Gasteiger partial charge in [0.15, 0.2) is 30.6 Å². The number of carbonyl (C=O) groups is 4. The number of rotatable bonds is 11. The van der Waals surface area contributed by atoms with Crippen molar-refractivity contribution in [2.45, 2.75) is 180 Å². The van der Waals surface area contributed by atoms with E-state index in [-0.39, 0.29) is 39.8 Å². The summed E-state index contributed by atoms with van der Waals surface area (Å²) in [6.45, 7) is 15.3. The number of allylic oxidation sites excluding steroid dienone is 2. The molecule has 20 atom stereocenters. The summed E-state index contributed by atoms with van der Waals surface area (Å²) >= 11 is 0. The Balaban J connectivity index is 1.15. The van der Waals surface area contributed by atoms with Crippen LogP contribution in [-0.2, 0) is 38.1 Å². The number of aliphatic hydroxyl groups excluding tert-OH is 6. The lowest BCUT2D eigenvalue weighted by molar-refractivity contribution is -0.371. The monoisotopic (exact) mass is 895 g/mol. The van der Waals surface area contributed by atoms with Gasteiger partial charge < -0.3 is 70.2 Å². The van der Waals surface area contributed by atoms with Crippen LogP contribution in [-0.4, -0.2) is 156 Å². The van der Waals surface area contributed by atoms with Gasteiger partial charge in [-0.15, -0.1) is 0 Å². The molecule has 0 aromatic carbocycles. The van der Waals surface area contributed by atoms with E-state index < -0.39 is 114 Å². The van der Waals surface area contributed by atoms with Gasteiger partial charge in [-0.3, -0.25) is 9.59 Å². The van der Waals surface area contributed by atoms with Gasteiger partial charge in [0.25, 0.3) is 0 Å². The Morgan fingerprint density at radius 1 is 0.762 bits per heavy atom. The fourth-order valence-corrected chi connectivity index (χ4v) is 14.0. The number of carboxylic acids is 3. The van der Waals surface area contributed by atoms with Gasteiger partial charge in [-0.05, 0) is 108 Å². The first-order valence-electron chi connectivity index (χ1n) is 22.5. The molecule has 7 aliphatic rings. The molecule has 356 valence electrons. The molecule has 6 fully saturated rings. The predicted molar refractivity (Wildman–Crippen MR) is 218 cm³/mol. The van der Waals surface area contributed by atoms with Crippen LogP contribution in [0.1, 0.15) is 106 Å². The van der Waals surface area contributed by atoms with E-state index in [0.717, 1.165) is 44.9 Å². The zero-order chi connectivity index (χ0) is 46.6. The molecule has 10 N–H and O–H groups in total. The van der Waals surface area contributed by atoms with E-state index >= 15 is 4.79 Å². The molecule has 0 aromatic rings. The van der Waals surface area contributed by atoms with E-state index in [1.165, 1.54) is 5.57 Å². The molecule has 0 bridgehead atoms. The van der Waals surface area contributed by atoms with Gasteiger partial charge in [-0.1, -0.05) is 54.0 Å². The SMILES string of the molecule is CC1(C)[C@@H](O[C@@H]2O[C@H](C(=O)O)[C@@H](O)[C@H](O)[C@H]2O[C@@H]2O[C@H](C(=O)O)[C@@H](O)[C@H](O)[C@H]2O)CC[C@]2(C)[C@H]3C(=O)C=C4[C@@H]5C[C@@](C)(CN[C@@H](CO)C(=O)O)CC[C@]5(C)CC[C@@]4(C)[C@]3(C)CC[C@@H]12. The van der Waals surface area contributed by atoms with Crippen LogP contribution in [0.4, 0.5) is 0 Å². The third kappa shape index (κ3) is 7.70. The molecule has 5 aliphatic carbocycles. The lowest BCUT2D eigenvalue weighted by atomic mass is 9.33. The Morgan fingerprint density at radius 2 is 1.37 bits per heavy atom. The molecule has 0 spiro atoms. The molecular formula is C45H69NO17. The number of nitrogens with one attached hydrogen (secondary N) is 1. The molecule has 0 unspecified atom stereocenters. The third-order valence-electron chi connectivity index (χ3n) is 18.1. The topological polar surface area (TPSA) is 299 Å². The molecule has 4 saturated carbocycles. The van der Waals surface area contributed by atoms with Crippen molar-refractivity contribution in [3.63, 3.8) is 0 Å². The Labute approximate surface area is 367 Å². The minimum atomic E-state index is -2.05. The number of fused-ring (bicyclic) bond motifs is 7. The zero-order valence-corrected chi connectivity index (χ0v) is 37.3. The smallest absolute Gasteiger partial charge is 0.335 e. The van der Waals surface area contributed by atoms with Crippen molar-refractivity contribution in [3.05, 3.63) is 11.6 Å². The number of aliphatic carboxylic acids is 3. The maximum Gasteiger partial charge on any atom is 0.335 e. The standard InChI is InChI=1S/C45H69NO17/c1-40(2)24-8-11-45(7)34(23(48)16-20-21-17-41(3,19-46-22(18-47)35(54)55)12-13-42(21,4)14-15-44(20,45)6)43(24,5)10-9-25(40)60-39-33(29(52)28(51)32(62-39)37(58)59)63-38-30(53)26(49)27(50)31(61-38)36(56)57/h16,21-22,24-34,38-39,46-47,49-53H,8-15,17-19H2,1-7H3,(H,54,55)(H,56,57)(H,58,59)/t21-,22-,24-,25-,26-,27-,28-,29-,30+,31-,32-,33+,34+,38-,39+,41-,42+,43-,44+,45+/m0/s1. The Bertz CT molecular complexity index is 1840. The number of hydrogen-bond donors (Lipinski definition) is 10. The van der Waals surface area contributed by atoms with Crippen molar-refractivity contribution >= 4 is 23.7 Å². The van der Waals surface area contributed by atoms with E-state index in [1.54, 1.807) is 0 Å². The van der Waals surface area contributed by atoms with Crippen LogP contribution in [0.3, 0.4) is 0 Å². The van der Waals surface area contributed by atoms with Crippen molar-refractivity contribution in [1.29, 1.82) is 0 Å². The maximum absolute atomic E-state index is 15.0. The number of ether oxygens (including phenoxy) is 4. The van der Waals surface area contributed by atoms with Crippen LogP contribution in [0, 0.1) is 50.2 Å². The number of hydrogen-bond acceptors (Lipinski definition) is 15. The number of aliphatic hydroxyl groups is 6. The van der Waals surface area contributed by atoms with Crippen molar-refractivity contribution in [2.75, 3.05) is 13.2 Å². The van der Waals surface area contributed by atoms with Gasteiger partial charge in [0.1, 0.15) is 42.7 Å². The van der Waals surface area contributed by atoms with Gasteiger partial charge in [0.05, 0.1) is 12.7 Å². The third-order valence-corrected chi connectivity index (χ3v) is 18.1. The van der Waals surface area contributed by atoms with Crippen molar-refractivity contribution < 1.29 is 84.1 Å². The zero-order valence-electron chi connectivity index (χ0n) is 37.3. The molecule has 18 nitrogen and oxygen atoms in total. The minimum absolute atomic E-state index is 0.0255. The van der Waals surface area contributed by atoms with E-state index in [9.17, 15) is 60.3 Å². The van der Waals surface area contributed by atoms with Gasteiger partial charge in [-0.25, -0.2) is 9.59 Å². The summed E-state index contributed by atoms with van der Waals surface area (Å²) in [5, 5.41) is 95.4. The second-order valence-corrected chi connectivity index (χ2v) is 22.0. The molecule has 2 aliphatic heterocycles. The quantitative estimate of drug-likeness (QED) is 0.130. The van der Waals surface area contributed by atoms with Crippen LogP contribution in [0.5, 0.6) is 0 Å². The van der Waals surface area contributed by atoms with E-state index in [4.69, 9.17) is 18.9 Å². The van der Waals surface area contributed by atoms with Crippen molar-refractivity contribution in [2.24, 2.45) is 50.2 Å². The summed E-state index contributed by atoms with van der Waals surface area (Å²) in [4.78, 5) is 50.8. The van der Waals surface area contributed by atoms with Gasteiger partial charge in [0.2, 0.25) is 0 Å². The Kier molecular flexibility index (Phi) is 12.7. The minimum Gasteiger partial charge on any atom is -0.480 e. The van der Waals surface area contributed by atoms with Crippen molar-refractivity contribution in [3.8, 4) is 0 Å². The molecule has 0 amide bonds. The molecular weight excluding hydrogens is 826 g/mol. The first kappa shape index (κ1) is 48.3. The van der Waals surface area contributed by atoms with Gasteiger partial charge in [0, 0.05) is 12.5 Å². The van der Waals surface area contributed by atoms with E-state index in [1.807, 2.05) is 19.9 Å². The summed E-state index contributed by atoms with van der Waals surface area (Å²) in [5.41, 5.74) is -1.01. The molecule has 0 aromatic heterocycles. The highest BCUT2D eigenvalue weighted by molar-refractivity contribution is 5.95. The average molecular weight is 896 g/mol. The summed E-state index contributed by atoms with van der Waals surface area (Å²) in [7, 11) is 0. The van der Waals surface area contributed by atoms with Crippen molar-refractivity contribution in [1.82, 2.24) is 5.32 Å². The summed E-state index contributed by atoms with van der Waals surface area (Å²) < 4.78 is 23.5. The Morgan fingerprint density at radius 3 is 1.97 bits per heavy atom. The second-order valence-electron chi connectivity index (χ2n) is 22.0. The number of ketones is 1. The lowest BCUT2D eigenvalue weighted by Gasteiger charge is -2.70. The van der Waals surface area contributed by atoms with Crippen LogP contribution in [0.2, 0.25) is 0 Å². The number of carbonyl (C=O) groups excluding carboxylic acids is 1. The second kappa shape index (κ2) is 16.6. The largest absolute Gasteiger partial charge is 0.480 e. The first-order valence-corrected chi connectivity index (χ1v) is 22.5. The molecule has 7 rings (SSSR count). The van der Waals surface area contributed by atoms with Gasteiger partial charge in [-0.2, -0.15) is 0 Å². The van der Waals surface area contributed by atoms with E-state index in [0.29, 0.717) is 19.4 Å². The lowest BCUT2D eigenvalue weighted by Crippen LogP contribution is -2.68. The molecule has 2 heterocycles. The van der Waals surface area contributed by atoms with Crippen LogP contribution >= 0.6 is 0 Å². The predicted octanol–water partition coefficient (Wildman–Crippen LogP) is 1.20. The van der Waals surface area contributed by atoms with Crippen LogP contribution in [0.15, 0.2) is 11.6 Å². The molecule has 0 radical (unpaired) electrons. The number of carboxylic acid groups (broad SMARTS) is 3. The maximum atomic E-state index is 15.0. The summed E-state index contributed by atoms with van der Waals surface area (Å²) in [6, 6.07) is -1.06. The first-order chi connectivity index (χ1) is 29.2. The van der Waals surface area contributed by atoms with Gasteiger partial charge >= 0.3 is 17.9 Å². The average Bonchev–Trinajstić information content (AvgIpc) is 3.19. The fraction of sp³-hybridized carbons (Fsp3) is 0.867. The summed E-state index contributed by atoms with van der Waals surface area (Å²) in [6.07, 6.45) is -11.4. The molecule has 18 heteroatoms.